The van der Waals surface area contributed by atoms with E-state index in [0.29, 0.717) is 6.54 Å². The number of nitrogens with two attached hydrogens (primary N) is 1. The van der Waals surface area contributed by atoms with Gasteiger partial charge in [0.15, 0.2) is 0 Å². The molecule has 1 aromatic carbocycles. The van der Waals surface area contributed by atoms with Crippen molar-refractivity contribution in [1.29, 1.82) is 0 Å². The van der Waals surface area contributed by atoms with Crippen LogP contribution in [0.5, 0.6) is 0 Å². The average molecular weight is 306 g/mol. The van der Waals surface area contributed by atoms with Crippen molar-refractivity contribution in [2.45, 2.75) is 13.1 Å². The van der Waals surface area contributed by atoms with Crippen molar-refractivity contribution in [3.63, 3.8) is 0 Å². The summed E-state index contributed by atoms with van der Waals surface area (Å²) in [7, 11) is 2.07. The molecular formula is C14H16BrN3. The minimum atomic E-state index is 0.525. The first-order valence-electron chi connectivity index (χ1n) is 5.80. The molecule has 0 amide bonds. The predicted octanol–water partition coefficient (Wildman–Crippen LogP) is 2.94. The molecule has 2 N–H and O–H groups in total. The largest absolute Gasteiger partial charge is 0.370 e. The summed E-state index contributed by atoms with van der Waals surface area (Å²) < 4.78 is 1.06. The average Bonchev–Trinajstić information content (AvgIpc) is 2.39. The number of nitrogens with zero attached hydrogens (tertiary/aromatic N) is 2. The molecule has 0 fully saturated rings. The maximum absolute atomic E-state index is 5.82. The molecule has 0 bridgehead atoms. The standard InChI is InChI=1S/C14H16BrN3/c1-18(10-11-5-7-17-8-6-11)14-4-2-3-13(15)12(14)9-16/h2-8H,9-10,16H2,1H3. The van der Waals surface area contributed by atoms with E-state index in [0.717, 1.165) is 22.3 Å². The van der Waals surface area contributed by atoms with Crippen LogP contribution in [0.3, 0.4) is 0 Å². The second kappa shape index (κ2) is 5.98. The molecule has 0 aliphatic heterocycles. The molecule has 1 heterocycles. The van der Waals surface area contributed by atoms with E-state index in [4.69, 9.17) is 5.73 Å². The Morgan fingerprint density at radius 3 is 2.61 bits per heavy atom. The van der Waals surface area contributed by atoms with Crippen molar-refractivity contribution in [3.8, 4) is 0 Å². The van der Waals surface area contributed by atoms with Crippen molar-refractivity contribution < 1.29 is 0 Å². The zero-order valence-corrected chi connectivity index (χ0v) is 11.9. The number of anilines is 1. The van der Waals surface area contributed by atoms with Gasteiger partial charge in [0.05, 0.1) is 0 Å². The van der Waals surface area contributed by atoms with Crippen LogP contribution in [-0.2, 0) is 13.1 Å². The van der Waals surface area contributed by atoms with E-state index in [2.05, 4.69) is 38.9 Å². The first-order chi connectivity index (χ1) is 8.72. The Hall–Kier alpha value is -1.39. The fraction of sp³-hybridized carbons (Fsp3) is 0.214. The van der Waals surface area contributed by atoms with Gasteiger partial charge in [-0.1, -0.05) is 22.0 Å². The molecule has 18 heavy (non-hydrogen) atoms. The maximum atomic E-state index is 5.82. The summed E-state index contributed by atoms with van der Waals surface area (Å²) in [5.41, 5.74) is 9.34. The Morgan fingerprint density at radius 2 is 1.94 bits per heavy atom. The zero-order valence-electron chi connectivity index (χ0n) is 10.3. The molecule has 0 saturated carbocycles. The summed E-state index contributed by atoms with van der Waals surface area (Å²) in [6, 6.07) is 10.2. The maximum Gasteiger partial charge on any atom is 0.0427 e. The topological polar surface area (TPSA) is 42.2 Å². The van der Waals surface area contributed by atoms with E-state index in [1.807, 2.05) is 36.7 Å². The summed E-state index contributed by atoms with van der Waals surface area (Å²) in [6.45, 7) is 1.36. The summed E-state index contributed by atoms with van der Waals surface area (Å²) in [5.74, 6) is 0. The second-order valence-corrected chi connectivity index (χ2v) is 5.01. The lowest BCUT2D eigenvalue weighted by Gasteiger charge is -2.23. The van der Waals surface area contributed by atoms with Gasteiger partial charge in [-0.25, -0.2) is 0 Å². The van der Waals surface area contributed by atoms with Gasteiger partial charge in [0, 0.05) is 48.3 Å². The van der Waals surface area contributed by atoms with Crippen LogP contribution >= 0.6 is 15.9 Å². The van der Waals surface area contributed by atoms with E-state index in [1.54, 1.807) is 0 Å². The number of hydrogen-bond acceptors (Lipinski definition) is 3. The van der Waals surface area contributed by atoms with Crippen LogP contribution in [-0.4, -0.2) is 12.0 Å². The summed E-state index contributed by atoms with van der Waals surface area (Å²) in [6.07, 6.45) is 3.63. The third-order valence-electron chi connectivity index (χ3n) is 2.88. The van der Waals surface area contributed by atoms with Gasteiger partial charge >= 0.3 is 0 Å². The second-order valence-electron chi connectivity index (χ2n) is 4.15. The number of rotatable bonds is 4. The van der Waals surface area contributed by atoms with Crippen molar-refractivity contribution in [3.05, 3.63) is 58.3 Å². The smallest absolute Gasteiger partial charge is 0.0427 e. The highest BCUT2D eigenvalue weighted by atomic mass is 79.9. The monoisotopic (exact) mass is 305 g/mol. The molecule has 2 aromatic rings. The molecule has 0 saturated heterocycles. The van der Waals surface area contributed by atoms with Gasteiger partial charge in [-0.2, -0.15) is 0 Å². The Morgan fingerprint density at radius 1 is 1.22 bits per heavy atom. The zero-order chi connectivity index (χ0) is 13.0. The van der Waals surface area contributed by atoms with Crippen LogP contribution in [0.25, 0.3) is 0 Å². The molecule has 0 aliphatic carbocycles. The minimum absolute atomic E-state index is 0.525. The Labute approximate surface area is 116 Å². The van der Waals surface area contributed by atoms with Crippen LogP contribution < -0.4 is 10.6 Å². The fourth-order valence-corrected chi connectivity index (χ4v) is 2.47. The van der Waals surface area contributed by atoms with Crippen molar-refractivity contribution in [2.24, 2.45) is 5.73 Å². The number of pyridine rings is 1. The number of aromatic nitrogens is 1. The number of halogens is 1. The molecule has 4 heteroatoms. The lowest BCUT2D eigenvalue weighted by atomic mass is 10.1. The SMILES string of the molecule is CN(Cc1ccncc1)c1cccc(Br)c1CN. The van der Waals surface area contributed by atoms with Crippen molar-refractivity contribution in [1.82, 2.24) is 4.98 Å². The molecule has 0 spiro atoms. The molecular weight excluding hydrogens is 290 g/mol. The van der Waals surface area contributed by atoms with Crippen LogP contribution in [0.4, 0.5) is 5.69 Å². The lowest BCUT2D eigenvalue weighted by molar-refractivity contribution is 0.899. The summed E-state index contributed by atoms with van der Waals surface area (Å²) in [5, 5.41) is 0. The number of benzene rings is 1. The lowest BCUT2D eigenvalue weighted by Crippen LogP contribution is -2.19. The first kappa shape index (κ1) is 13.1. The van der Waals surface area contributed by atoms with E-state index >= 15 is 0 Å². The van der Waals surface area contributed by atoms with E-state index in [-0.39, 0.29) is 0 Å². The molecule has 0 atom stereocenters. The molecule has 94 valence electrons. The highest BCUT2D eigenvalue weighted by molar-refractivity contribution is 9.10. The Kier molecular flexibility index (Phi) is 4.33. The van der Waals surface area contributed by atoms with Gasteiger partial charge in [-0.15, -0.1) is 0 Å². The first-order valence-corrected chi connectivity index (χ1v) is 6.59. The minimum Gasteiger partial charge on any atom is -0.370 e. The van der Waals surface area contributed by atoms with Crippen molar-refractivity contribution in [2.75, 3.05) is 11.9 Å². The molecule has 3 nitrogen and oxygen atoms in total. The third-order valence-corrected chi connectivity index (χ3v) is 3.62. The Bertz CT molecular complexity index is 514. The van der Waals surface area contributed by atoms with Gasteiger partial charge in [0.1, 0.15) is 0 Å². The molecule has 0 aliphatic rings. The van der Waals surface area contributed by atoms with Gasteiger partial charge in [-0.3, -0.25) is 4.98 Å². The molecule has 0 radical (unpaired) electrons. The van der Waals surface area contributed by atoms with E-state index in [1.165, 1.54) is 5.56 Å². The normalized spacial score (nSPS) is 10.4. The highest BCUT2D eigenvalue weighted by Crippen LogP contribution is 2.27. The van der Waals surface area contributed by atoms with Crippen LogP contribution in [0.1, 0.15) is 11.1 Å². The van der Waals surface area contributed by atoms with Crippen molar-refractivity contribution >= 4 is 21.6 Å². The highest BCUT2D eigenvalue weighted by Gasteiger charge is 2.09. The van der Waals surface area contributed by atoms with Gasteiger partial charge in [-0.05, 0) is 29.8 Å². The van der Waals surface area contributed by atoms with Crippen LogP contribution in [0.15, 0.2) is 47.2 Å². The van der Waals surface area contributed by atoms with E-state index in [9.17, 15) is 0 Å². The molecule has 1 aromatic heterocycles. The van der Waals surface area contributed by atoms with Gasteiger partial charge < -0.3 is 10.6 Å². The summed E-state index contributed by atoms with van der Waals surface area (Å²) in [4.78, 5) is 6.22. The number of hydrogen-bond donors (Lipinski definition) is 1. The molecule has 0 unspecified atom stereocenters. The quantitative estimate of drug-likeness (QED) is 0.944. The van der Waals surface area contributed by atoms with Crippen LogP contribution in [0, 0.1) is 0 Å². The summed E-state index contributed by atoms with van der Waals surface area (Å²) >= 11 is 3.54. The fourth-order valence-electron chi connectivity index (χ4n) is 1.95. The Balaban J connectivity index is 2.24. The predicted molar refractivity (Wildman–Crippen MR) is 78.4 cm³/mol. The van der Waals surface area contributed by atoms with Crippen LogP contribution in [0.2, 0.25) is 0 Å². The van der Waals surface area contributed by atoms with Gasteiger partial charge in [0.25, 0.3) is 0 Å². The molecule has 2 rings (SSSR count). The van der Waals surface area contributed by atoms with E-state index < -0.39 is 0 Å². The van der Waals surface area contributed by atoms with Gasteiger partial charge in [0.2, 0.25) is 0 Å². The third kappa shape index (κ3) is 2.89.